The Morgan fingerprint density at radius 2 is 1.86 bits per heavy atom. The Morgan fingerprint density at radius 3 is 2.48 bits per heavy atom. The van der Waals surface area contributed by atoms with E-state index in [1.807, 2.05) is 0 Å². The Balaban J connectivity index is 1.54. The molecular formula is C25H23F5N3O8P. The Morgan fingerprint density at radius 1 is 1.14 bits per heavy atom. The SMILES string of the molecule is CC(=O)c1cn(CC(=O)N2C[C@H](F)C[C@H]2C(=O)Nc2ccc(OC(F)(F)F)c(F)c2)c2cc(OCP(=O)(O)O)ccc12. The van der Waals surface area contributed by atoms with Crippen LogP contribution in [-0.2, 0) is 20.7 Å². The van der Waals surface area contributed by atoms with Crippen LogP contribution in [0.25, 0.3) is 10.9 Å². The molecule has 0 radical (unpaired) electrons. The molecule has 1 aromatic heterocycles. The van der Waals surface area contributed by atoms with Gasteiger partial charge in [-0.1, -0.05) is 0 Å². The van der Waals surface area contributed by atoms with Crippen LogP contribution < -0.4 is 14.8 Å². The normalized spacial score (nSPS) is 17.4. The number of likely N-dealkylation sites (tertiary alicyclic amines) is 1. The molecule has 3 aromatic rings. The topological polar surface area (TPSA) is 147 Å². The minimum absolute atomic E-state index is 0.0360. The number of anilines is 1. The molecule has 2 amide bonds. The van der Waals surface area contributed by atoms with Gasteiger partial charge in [0.1, 0.15) is 24.5 Å². The standard InChI is InChI=1S/C25H23F5N3O8P/c1-13(34)18-10-32(20-8-16(3-4-17(18)20)40-12-42(37,38)39)11-23(35)33-9-14(26)6-21(33)24(36)31-15-2-5-22(19(27)7-15)41-25(28,29)30/h2-5,7-8,10,14,21H,6,9,11-12H2,1H3,(H,31,36)(H2,37,38,39)/t14-,21+/m1/s1. The van der Waals surface area contributed by atoms with Gasteiger partial charge in [0, 0.05) is 41.4 Å². The fourth-order valence-corrected chi connectivity index (χ4v) is 4.81. The smallest absolute Gasteiger partial charge is 0.481 e. The van der Waals surface area contributed by atoms with Gasteiger partial charge < -0.3 is 34.0 Å². The van der Waals surface area contributed by atoms with Crippen LogP contribution in [0.3, 0.4) is 0 Å². The van der Waals surface area contributed by atoms with Gasteiger partial charge in [-0.3, -0.25) is 18.9 Å². The highest BCUT2D eigenvalue weighted by atomic mass is 31.2. The number of alkyl halides is 4. The number of Topliss-reactive ketones (excluding diaryl/α,β-unsaturated/α-hetero) is 1. The molecule has 3 N–H and O–H groups in total. The van der Waals surface area contributed by atoms with Crippen molar-refractivity contribution in [2.45, 2.75) is 38.5 Å². The maximum absolute atomic E-state index is 14.4. The highest BCUT2D eigenvalue weighted by Crippen LogP contribution is 2.36. The molecule has 2 heterocycles. The number of rotatable bonds is 9. The maximum atomic E-state index is 14.4. The second kappa shape index (κ2) is 11.7. The number of carbonyl (C=O) groups excluding carboxylic acids is 3. The number of ether oxygens (including phenoxy) is 2. The van der Waals surface area contributed by atoms with Crippen molar-refractivity contribution in [3.05, 3.63) is 54.0 Å². The van der Waals surface area contributed by atoms with E-state index in [1.165, 1.54) is 35.9 Å². The predicted octanol–water partition coefficient (Wildman–Crippen LogP) is 3.97. The van der Waals surface area contributed by atoms with Crippen LogP contribution in [0.5, 0.6) is 11.5 Å². The molecule has 0 saturated carbocycles. The van der Waals surface area contributed by atoms with Crippen LogP contribution in [0, 0.1) is 5.82 Å². The molecule has 42 heavy (non-hydrogen) atoms. The number of carbonyl (C=O) groups is 3. The first-order valence-corrected chi connectivity index (χ1v) is 13.9. The van der Waals surface area contributed by atoms with E-state index in [1.54, 1.807) is 0 Å². The average Bonchev–Trinajstić information content (AvgIpc) is 3.44. The number of benzene rings is 2. The molecule has 17 heteroatoms. The lowest BCUT2D eigenvalue weighted by molar-refractivity contribution is -0.275. The summed E-state index contributed by atoms with van der Waals surface area (Å²) < 4.78 is 86.8. The molecule has 1 saturated heterocycles. The largest absolute Gasteiger partial charge is 0.573 e. The van der Waals surface area contributed by atoms with Crippen LogP contribution in [0.2, 0.25) is 0 Å². The lowest BCUT2D eigenvalue weighted by Crippen LogP contribution is -2.44. The van der Waals surface area contributed by atoms with E-state index in [4.69, 9.17) is 14.5 Å². The van der Waals surface area contributed by atoms with E-state index in [0.29, 0.717) is 17.5 Å². The van der Waals surface area contributed by atoms with Crippen LogP contribution >= 0.6 is 7.60 Å². The summed E-state index contributed by atoms with van der Waals surface area (Å²) in [4.78, 5) is 57.5. The number of halogens is 5. The number of fused-ring (bicyclic) bond motifs is 1. The van der Waals surface area contributed by atoms with Gasteiger partial charge in [0.05, 0.1) is 12.1 Å². The van der Waals surface area contributed by atoms with Crippen molar-refractivity contribution in [2.75, 3.05) is 18.2 Å². The number of hydrogen-bond donors (Lipinski definition) is 3. The van der Waals surface area contributed by atoms with Gasteiger partial charge in [-0.2, -0.15) is 0 Å². The molecule has 1 aliphatic heterocycles. The average molecular weight is 619 g/mol. The maximum Gasteiger partial charge on any atom is 0.573 e. The Kier molecular flexibility index (Phi) is 8.62. The molecule has 2 aromatic carbocycles. The van der Waals surface area contributed by atoms with Crippen molar-refractivity contribution in [2.24, 2.45) is 0 Å². The zero-order valence-electron chi connectivity index (χ0n) is 21.6. The third kappa shape index (κ3) is 7.43. The van der Waals surface area contributed by atoms with Crippen LogP contribution in [0.4, 0.5) is 27.6 Å². The first-order chi connectivity index (χ1) is 19.5. The summed E-state index contributed by atoms with van der Waals surface area (Å²) >= 11 is 0. The molecule has 0 spiro atoms. The minimum Gasteiger partial charge on any atom is -0.481 e. The van der Waals surface area contributed by atoms with Gasteiger partial charge in [0.2, 0.25) is 11.8 Å². The van der Waals surface area contributed by atoms with Crippen LogP contribution in [0.15, 0.2) is 42.6 Å². The summed E-state index contributed by atoms with van der Waals surface area (Å²) in [6, 6.07) is 5.03. The Hall–Kier alpha value is -4.01. The van der Waals surface area contributed by atoms with Gasteiger partial charge in [-0.05, 0) is 31.2 Å². The summed E-state index contributed by atoms with van der Waals surface area (Å²) in [5, 5.41) is 2.66. The molecule has 1 aliphatic rings. The number of amides is 2. The summed E-state index contributed by atoms with van der Waals surface area (Å²) in [5.41, 5.74) is 0.246. The van der Waals surface area contributed by atoms with Gasteiger partial charge in [-0.15, -0.1) is 13.2 Å². The molecular weight excluding hydrogens is 596 g/mol. The van der Waals surface area contributed by atoms with Gasteiger partial charge in [0.15, 0.2) is 23.7 Å². The number of nitrogens with one attached hydrogen (secondary N) is 1. The Bertz CT molecular complexity index is 1590. The lowest BCUT2D eigenvalue weighted by Gasteiger charge is -2.24. The fourth-order valence-electron chi connectivity index (χ4n) is 4.49. The van der Waals surface area contributed by atoms with E-state index in [9.17, 15) is 40.9 Å². The second-order valence-corrected chi connectivity index (χ2v) is 11.0. The molecule has 2 atom stereocenters. The zero-order chi connectivity index (χ0) is 31.0. The van der Waals surface area contributed by atoms with Crippen molar-refractivity contribution in [3.8, 4) is 11.5 Å². The van der Waals surface area contributed by atoms with Crippen molar-refractivity contribution in [3.63, 3.8) is 0 Å². The van der Waals surface area contributed by atoms with Crippen LogP contribution in [-0.4, -0.2) is 68.3 Å². The third-order valence-corrected chi connectivity index (χ3v) is 6.70. The van der Waals surface area contributed by atoms with Crippen molar-refractivity contribution in [1.82, 2.24) is 9.47 Å². The van der Waals surface area contributed by atoms with Gasteiger partial charge >= 0.3 is 14.0 Å². The summed E-state index contributed by atoms with van der Waals surface area (Å²) in [6.07, 6.45) is -6.68. The minimum atomic E-state index is -5.14. The first kappa shape index (κ1) is 30.9. The van der Waals surface area contributed by atoms with Crippen LogP contribution in [0.1, 0.15) is 23.7 Å². The molecule has 0 aliphatic carbocycles. The second-order valence-electron chi connectivity index (χ2n) is 9.42. The summed E-state index contributed by atoms with van der Waals surface area (Å²) in [6.45, 7) is 0.359. The van der Waals surface area contributed by atoms with E-state index < -0.39 is 75.4 Å². The monoisotopic (exact) mass is 619 g/mol. The van der Waals surface area contributed by atoms with Crippen molar-refractivity contribution < 1.29 is 60.2 Å². The molecule has 0 bridgehead atoms. The van der Waals surface area contributed by atoms with E-state index in [0.717, 1.165) is 11.0 Å². The van der Waals surface area contributed by atoms with E-state index in [2.05, 4.69) is 10.1 Å². The van der Waals surface area contributed by atoms with Crippen molar-refractivity contribution >= 4 is 41.8 Å². The molecule has 226 valence electrons. The number of aromatic nitrogens is 1. The molecule has 11 nitrogen and oxygen atoms in total. The van der Waals surface area contributed by atoms with E-state index in [-0.39, 0.29) is 28.3 Å². The van der Waals surface area contributed by atoms with Gasteiger partial charge in [0.25, 0.3) is 0 Å². The Labute approximate surface area is 233 Å². The molecule has 4 rings (SSSR count). The first-order valence-electron chi connectivity index (χ1n) is 12.1. The fraction of sp³-hybridized carbons (Fsp3) is 0.320. The zero-order valence-corrected chi connectivity index (χ0v) is 22.5. The summed E-state index contributed by atoms with van der Waals surface area (Å²) in [7, 11) is -4.50. The molecule has 1 fully saturated rings. The quantitative estimate of drug-likeness (QED) is 0.185. The van der Waals surface area contributed by atoms with E-state index >= 15 is 0 Å². The third-order valence-electron chi connectivity index (χ3n) is 6.24. The molecule has 0 unspecified atom stereocenters. The van der Waals surface area contributed by atoms with Gasteiger partial charge in [-0.25, -0.2) is 8.78 Å². The highest BCUT2D eigenvalue weighted by Gasteiger charge is 2.40. The van der Waals surface area contributed by atoms with Crippen molar-refractivity contribution in [1.29, 1.82) is 0 Å². The number of hydrogen-bond acceptors (Lipinski definition) is 6. The summed E-state index contributed by atoms with van der Waals surface area (Å²) in [5.74, 6) is -4.50. The lowest BCUT2D eigenvalue weighted by atomic mass is 10.1. The number of ketones is 1. The highest BCUT2D eigenvalue weighted by molar-refractivity contribution is 7.51. The number of nitrogens with zero attached hydrogens (tertiary/aromatic N) is 2. The predicted molar refractivity (Wildman–Crippen MR) is 136 cm³/mol.